The lowest BCUT2D eigenvalue weighted by Gasteiger charge is -2.11. The zero-order chi connectivity index (χ0) is 20.4. The van der Waals surface area contributed by atoms with Crippen molar-refractivity contribution in [3.63, 3.8) is 0 Å². The molecule has 2 heterocycles. The molecule has 0 radical (unpaired) electrons. The number of hydrogen-bond donors (Lipinski definition) is 4. The minimum Gasteiger partial charge on any atom is -0.360 e. The normalized spacial score (nSPS) is 17.6. The highest BCUT2D eigenvalue weighted by atomic mass is 19.1. The topological polar surface area (TPSA) is 86.0 Å². The summed E-state index contributed by atoms with van der Waals surface area (Å²) in [5, 5.41) is 9.09. The SMILES string of the molecule is Cc1c(NC(=O)CCNC2CCCC2)c[nH]c1/C=C1\C(=O)Nc2ccc(F)cc21. The van der Waals surface area contributed by atoms with Gasteiger partial charge in [0, 0.05) is 42.1 Å². The summed E-state index contributed by atoms with van der Waals surface area (Å²) >= 11 is 0. The average Bonchev–Trinajstić information content (AvgIpc) is 3.39. The monoisotopic (exact) mass is 396 g/mol. The predicted molar refractivity (Wildman–Crippen MR) is 112 cm³/mol. The third-order valence-electron chi connectivity index (χ3n) is 5.65. The number of H-pyrrole nitrogens is 1. The highest BCUT2D eigenvalue weighted by Gasteiger charge is 2.25. The van der Waals surface area contributed by atoms with E-state index in [1.807, 2.05) is 6.92 Å². The molecule has 7 heteroatoms. The summed E-state index contributed by atoms with van der Waals surface area (Å²) in [6.07, 6.45) is 8.72. The van der Waals surface area contributed by atoms with Gasteiger partial charge in [0.05, 0.1) is 11.3 Å². The highest BCUT2D eigenvalue weighted by molar-refractivity contribution is 6.34. The van der Waals surface area contributed by atoms with Gasteiger partial charge in [-0.05, 0) is 49.6 Å². The molecule has 0 spiro atoms. The van der Waals surface area contributed by atoms with Crippen LogP contribution >= 0.6 is 0 Å². The third kappa shape index (κ3) is 4.24. The van der Waals surface area contributed by atoms with Crippen LogP contribution in [0.2, 0.25) is 0 Å². The Morgan fingerprint density at radius 1 is 1.31 bits per heavy atom. The van der Waals surface area contributed by atoms with Crippen molar-refractivity contribution in [3.05, 3.63) is 47.0 Å². The molecule has 4 rings (SSSR count). The zero-order valence-corrected chi connectivity index (χ0v) is 16.4. The van der Waals surface area contributed by atoms with Gasteiger partial charge < -0.3 is 20.9 Å². The molecular formula is C22H25FN4O2. The standard InChI is InChI=1S/C22H25FN4O2/c1-13-19(11-17-16-10-14(23)6-7-18(16)27-22(17)29)25-12-20(13)26-21(28)8-9-24-15-4-2-3-5-15/h6-7,10-12,15,24-25H,2-5,8-9H2,1H3,(H,26,28)(H,27,29)/b17-11-. The van der Waals surface area contributed by atoms with Gasteiger partial charge in [0.15, 0.2) is 0 Å². The van der Waals surface area contributed by atoms with Gasteiger partial charge in [-0.1, -0.05) is 12.8 Å². The summed E-state index contributed by atoms with van der Waals surface area (Å²) in [6, 6.07) is 4.75. The Hall–Kier alpha value is -2.93. The van der Waals surface area contributed by atoms with E-state index in [4.69, 9.17) is 0 Å². The molecule has 4 N–H and O–H groups in total. The summed E-state index contributed by atoms with van der Waals surface area (Å²) in [7, 11) is 0. The molecule has 1 aromatic heterocycles. The van der Waals surface area contributed by atoms with E-state index in [-0.39, 0.29) is 11.8 Å². The molecule has 1 aliphatic heterocycles. The number of halogens is 1. The Bertz CT molecular complexity index is 973. The number of nitrogens with one attached hydrogen (secondary N) is 4. The van der Waals surface area contributed by atoms with Crippen molar-refractivity contribution >= 4 is 34.8 Å². The fourth-order valence-corrected chi connectivity index (χ4v) is 3.97. The minimum absolute atomic E-state index is 0.0529. The number of aromatic nitrogens is 1. The van der Waals surface area contributed by atoms with E-state index in [2.05, 4.69) is 20.9 Å². The first-order valence-corrected chi connectivity index (χ1v) is 10.1. The second-order valence-electron chi connectivity index (χ2n) is 7.68. The number of carbonyl (C=O) groups is 2. The fourth-order valence-electron chi connectivity index (χ4n) is 3.97. The van der Waals surface area contributed by atoms with Gasteiger partial charge in [-0.15, -0.1) is 0 Å². The van der Waals surface area contributed by atoms with E-state index in [1.54, 1.807) is 18.3 Å². The molecule has 2 amide bonds. The lowest BCUT2D eigenvalue weighted by atomic mass is 10.0. The lowest BCUT2D eigenvalue weighted by Crippen LogP contribution is -2.29. The van der Waals surface area contributed by atoms with Gasteiger partial charge in [-0.2, -0.15) is 0 Å². The van der Waals surface area contributed by atoms with Crippen molar-refractivity contribution in [2.75, 3.05) is 17.2 Å². The Morgan fingerprint density at radius 2 is 2.10 bits per heavy atom. The van der Waals surface area contributed by atoms with E-state index in [0.29, 0.717) is 47.2 Å². The summed E-state index contributed by atoms with van der Waals surface area (Å²) in [5.41, 5.74) is 3.73. The van der Waals surface area contributed by atoms with Crippen molar-refractivity contribution in [2.45, 2.75) is 45.1 Å². The number of fused-ring (bicyclic) bond motifs is 1. The molecule has 0 unspecified atom stereocenters. The number of carbonyl (C=O) groups excluding carboxylic acids is 2. The van der Waals surface area contributed by atoms with Gasteiger partial charge >= 0.3 is 0 Å². The van der Waals surface area contributed by atoms with Gasteiger partial charge in [0.2, 0.25) is 5.91 Å². The summed E-state index contributed by atoms with van der Waals surface area (Å²) in [6.45, 7) is 2.54. The first-order chi connectivity index (χ1) is 14.0. The van der Waals surface area contributed by atoms with Gasteiger partial charge in [0.1, 0.15) is 5.82 Å². The molecule has 6 nitrogen and oxygen atoms in total. The van der Waals surface area contributed by atoms with Crippen LogP contribution in [0.4, 0.5) is 15.8 Å². The van der Waals surface area contributed by atoms with Crippen molar-refractivity contribution in [1.29, 1.82) is 0 Å². The molecule has 1 aliphatic carbocycles. The van der Waals surface area contributed by atoms with E-state index >= 15 is 0 Å². The van der Waals surface area contributed by atoms with Crippen LogP contribution < -0.4 is 16.0 Å². The van der Waals surface area contributed by atoms with Crippen LogP contribution in [0.3, 0.4) is 0 Å². The Labute approximate surface area is 169 Å². The summed E-state index contributed by atoms with van der Waals surface area (Å²) in [5.74, 6) is -0.723. The number of rotatable bonds is 6. The fraction of sp³-hybridized carbons (Fsp3) is 0.364. The van der Waals surface area contributed by atoms with Crippen LogP contribution in [0, 0.1) is 12.7 Å². The second-order valence-corrected chi connectivity index (χ2v) is 7.68. The first kappa shape index (κ1) is 19.4. The Kier molecular flexibility index (Phi) is 5.49. The van der Waals surface area contributed by atoms with Gasteiger partial charge in [0.25, 0.3) is 5.91 Å². The molecule has 29 heavy (non-hydrogen) atoms. The average molecular weight is 396 g/mol. The minimum atomic E-state index is -0.395. The van der Waals surface area contributed by atoms with Crippen LogP contribution in [0.5, 0.6) is 0 Å². The van der Waals surface area contributed by atoms with Crippen molar-refractivity contribution < 1.29 is 14.0 Å². The maximum Gasteiger partial charge on any atom is 0.256 e. The van der Waals surface area contributed by atoms with Crippen LogP contribution in [0.1, 0.15) is 48.9 Å². The number of amides is 2. The third-order valence-corrected chi connectivity index (χ3v) is 5.65. The van der Waals surface area contributed by atoms with Gasteiger partial charge in [-0.3, -0.25) is 9.59 Å². The molecule has 0 bridgehead atoms. The summed E-state index contributed by atoms with van der Waals surface area (Å²) < 4.78 is 13.6. The Balaban J connectivity index is 1.42. The lowest BCUT2D eigenvalue weighted by molar-refractivity contribution is -0.116. The Morgan fingerprint density at radius 3 is 2.90 bits per heavy atom. The molecule has 0 saturated heterocycles. The van der Waals surface area contributed by atoms with E-state index in [9.17, 15) is 14.0 Å². The molecule has 1 saturated carbocycles. The van der Waals surface area contributed by atoms with E-state index in [0.717, 1.165) is 5.56 Å². The highest BCUT2D eigenvalue weighted by Crippen LogP contribution is 2.34. The molecular weight excluding hydrogens is 371 g/mol. The number of anilines is 2. The van der Waals surface area contributed by atoms with Crippen molar-refractivity contribution in [1.82, 2.24) is 10.3 Å². The van der Waals surface area contributed by atoms with Crippen molar-refractivity contribution in [3.8, 4) is 0 Å². The van der Waals surface area contributed by atoms with Crippen LogP contribution in [-0.4, -0.2) is 29.4 Å². The van der Waals surface area contributed by atoms with E-state index in [1.165, 1.54) is 37.8 Å². The zero-order valence-electron chi connectivity index (χ0n) is 16.4. The smallest absolute Gasteiger partial charge is 0.256 e. The predicted octanol–water partition coefficient (Wildman–Crippen LogP) is 3.82. The van der Waals surface area contributed by atoms with Crippen LogP contribution in [-0.2, 0) is 9.59 Å². The van der Waals surface area contributed by atoms with Gasteiger partial charge in [-0.25, -0.2) is 4.39 Å². The maximum absolute atomic E-state index is 13.6. The second kappa shape index (κ2) is 8.21. The number of hydrogen-bond acceptors (Lipinski definition) is 3. The molecule has 1 aromatic carbocycles. The van der Waals surface area contributed by atoms with E-state index < -0.39 is 5.82 Å². The maximum atomic E-state index is 13.6. The van der Waals surface area contributed by atoms with Crippen molar-refractivity contribution in [2.24, 2.45) is 0 Å². The molecule has 1 fully saturated rings. The number of benzene rings is 1. The molecule has 2 aromatic rings. The summed E-state index contributed by atoms with van der Waals surface area (Å²) in [4.78, 5) is 27.6. The van der Waals surface area contributed by atoms with Crippen LogP contribution in [0.15, 0.2) is 24.4 Å². The largest absolute Gasteiger partial charge is 0.360 e. The van der Waals surface area contributed by atoms with Crippen LogP contribution in [0.25, 0.3) is 11.6 Å². The number of aromatic amines is 1. The molecule has 0 atom stereocenters. The first-order valence-electron chi connectivity index (χ1n) is 10.1. The molecule has 2 aliphatic rings. The molecule has 152 valence electrons. The quantitative estimate of drug-likeness (QED) is 0.560.